The number of fused-ring (bicyclic) bond motifs is 1. The summed E-state index contributed by atoms with van der Waals surface area (Å²) >= 11 is 0. The Bertz CT molecular complexity index is 1290. The van der Waals surface area contributed by atoms with Gasteiger partial charge in [-0.15, -0.1) is 0 Å². The molecule has 0 spiro atoms. The number of sulfonamides is 1. The molecule has 2 heterocycles. The normalized spacial score (nSPS) is 16.4. The molecule has 0 aromatic heterocycles. The highest BCUT2D eigenvalue weighted by Crippen LogP contribution is 2.33. The van der Waals surface area contributed by atoms with Crippen molar-refractivity contribution in [3.8, 4) is 11.1 Å². The topological polar surface area (TPSA) is 122 Å². The molecule has 1 amide bonds. The van der Waals surface area contributed by atoms with Crippen molar-refractivity contribution in [2.45, 2.75) is 38.0 Å². The van der Waals surface area contributed by atoms with Crippen LogP contribution in [0, 0.1) is 5.92 Å². The van der Waals surface area contributed by atoms with Crippen molar-refractivity contribution in [3.05, 3.63) is 53.6 Å². The predicted molar refractivity (Wildman–Crippen MR) is 144 cm³/mol. The molecule has 1 saturated heterocycles. The first-order valence-electron chi connectivity index (χ1n) is 12.5. The zero-order valence-corrected chi connectivity index (χ0v) is 21.8. The molecule has 0 atom stereocenters. The number of hydrogen-bond donors (Lipinski definition) is 2. The van der Waals surface area contributed by atoms with E-state index in [1.165, 1.54) is 4.31 Å². The van der Waals surface area contributed by atoms with E-state index in [0.717, 1.165) is 29.5 Å². The Morgan fingerprint density at radius 2 is 1.78 bits per heavy atom. The van der Waals surface area contributed by atoms with E-state index in [1.54, 1.807) is 18.2 Å². The number of carbonyl (C=O) groups is 1. The van der Waals surface area contributed by atoms with Crippen LogP contribution in [0.2, 0.25) is 0 Å². The highest BCUT2D eigenvalue weighted by Gasteiger charge is 2.35. The Morgan fingerprint density at radius 3 is 2.44 bits per heavy atom. The summed E-state index contributed by atoms with van der Waals surface area (Å²) in [5.74, 6) is 0.591. The first kappa shape index (κ1) is 26.1. The van der Waals surface area contributed by atoms with Gasteiger partial charge in [-0.05, 0) is 60.7 Å². The van der Waals surface area contributed by atoms with Crippen LogP contribution in [0.3, 0.4) is 0 Å². The monoisotopic (exact) mass is 509 g/mol. The molecule has 8 nitrogen and oxygen atoms in total. The molecule has 0 aliphatic carbocycles. The highest BCUT2D eigenvalue weighted by atomic mass is 32.2. The molecule has 9 heteroatoms. The number of nitrogens with two attached hydrogens (primary N) is 2. The fraction of sp³-hybridized carbons (Fsp3) is 0.407. The van der Waals surface area contributed by atoms with Gasteiger partial charge >= 0.3 is 0 Å². The lowest BCUT2D eigenvalue weighted by atomic mass is 10.0. The van der Waals surface area contributed by atoms with E-state index in [-0.39, 0.29) is 16.7 Å². The summed E-state index contributed by atoms with van der Waals surface area (Å²) in [6.45, 7) is 6.93. The van der Waals surface area contributed by atoms with Gasteiger partial charge in [-0.2, -0.15) is 4.31 Å². The van der Waals surface area contributed by atoms with E-state index in [4.69, 9.17) is 11.5 Å². The second-order valence-corrected chi connectivity index (χ2v) is 11.4. The van der Waals surface area contributed by atoms with Gasteiger partial charge in [0, 0.05) is 43.7 Å². The van der Waals surface area contributed by atoms with Crippen LogP contribution in [0.4, 0.5) is 5.69 Å². The molecule has 0 radical (unpaired) electrons. The second-order valence-electron chi connectivity index (χ2n) is 9.47. The largest absolute Gasteiger partial charge is 0.387 e. The van der Waals surface area contributed by atoms with E-state index in [1.807, 2.05) is 35.2 Å². The molecule has 0 unspecified atom stereocenters. The van der Waals surface area contributed by atoms with E-state index in [0.29, 0.717) is 56.2 Å². The maximum Gasteiger partial charge on any atom is 0.250 e. The minimum absolute atomic E-state index is 0.00504. The standard InChI is InChI=1S/C27H35N5O3S/c1-3-10-31(11-4-2)27(33)23-12-22-9-8-21(14-25(22)30-26(29)15-23)20-6-5-7-24(13-20)36(34,35)32-17-19(16-28)18-32/h5-9,12-14,19H,3-4,10-11,15-18,28H2,1-2H3,(H2,29,30). The molecule has 4 rings (SSSR count). The average Bonchev–Trinajstić information content (AvgIpc) is 3.00. The number of amides is 1. The molecule has 2 aliphatic heterocycles. The molecule has 0 bridgehead atoms. The Kier molecular flexibility index (Phi) is 7.92. The third-order valence-electron chi connectivity index (χ3n) is 6.61. The Labute approximate surface area is 213 Å². The summed E-state index contributed by atoms with van der Waals surface area (Å²) in [4.78, 5) is 19.9. The van der Waals surface area contributed by atoms with Gasteiger partial charge in [0.15, 0.2) is 0 Å². The third-order valence-corrected chi connectivity index (χ3v) is 8.43. The summed E-state index contributed by atoms with van der Waals surface area (Å²) in [5, 5.41) is 0. The predicted octanol–water partition coefficient (Wildman–Crippen LogP) is 3.36. The van der Waals surface area contributed by atoms with Crippen LogP contribution in [-0.4, -0.2) is 62.1 Å². The number of carbonyl (C=O) groups excluding carboxylic acids is 1. The summed E-state index contributed by atoms with van der Waals surface area (Å²) in [5.41, 5.74) is 15.6. The fourth-order valence-electron chi connectivity index (χ4n) is 4.62. The lowest BCUT2D eigenvalue weighted by molar-refractivity contribution is -0.127. The first-order valence-corrected chi connectivity index (χ1v) is 14.0. The minimum atomic E-state index is -3.56. The Morgan fingerprint density at radius 1 is 1.08 bits per heavy atom. The molecular weight excluding hydrogens is 474 g/mol. The lowest BCUT2D eigenvalue weighted by Gasteiger charge is -2.37. The number of nitrogens with zero attached hydrogens (tertiary/aromatic N) is 3. The third kappa shape index (κ3) is 5.38. The van der Waals surface area contributed by atoms with Gasteiger partial charge in [0.1, 0.15) is 5.84 Å². The van der Waals surface area contributed by atoms with Crippen LogP contribution in [0.5, 0.6) is 0 Å². The molecule has 4 N–H and O–H groups in total. The molecule has 2 aromatic rings. The first-order chi connectivity index (χ1) is 17.3. The molecule has 192 valence electrons. The number of amidine groups is 1. The van der Waals surface area contributed by atoms with E-state index in [9.17, 15) is 13.2 Å². The zero-order chi connectivity index (χ0) is 25.9. The average molecular weight is 510 g/mol. The van der Waals surface area contributed by atoms with Gasteiger partial charge in [0.25, 0.3) is 0 Å². The van der Waals surface area contributed by atoms with Gasteiger partial charge in [-0.25, -0.2) is 13.4 Å². The fourth-order valence-corrected chi connectivity index (χ4v) is 6.26. The number of hydrogen-bond acceptors (Lipinski definition) is 6. The maximum absolute atomic E-state index is 13.2. The van der Waals surface area contributed by atoms with Crippen molar-refractivity contribution in [2.75, 3.05) is 32.7 Å². The van der Waals surface area contributed by atoms with Gasteiger partial charge in [-0.3, -0.25) is 4.79 Å². The summed E-state index contributed by atoms with van der Waals surface area (Å²) in [6, 6.07) is 12.7. The van der Waals surface area contributed by atoms with Gasteiger partial charge in [-0.1, -0.05) is 38.1 Å². The van der Waals surface area contributed by atoms with E-state index >= 15 is 0 Å². The van der Waals surface area contributed by atoms with Crippen LogP contribution in [-0.2, 0) is 14.8 Å². The van der Waals surface area contributed by atoms with Gasteiger partial charge < -0.3 is 16.4 Å². The van der Waals surface area contributed by atoms with Crippen LogP contribution in [0.1, 0.15) is 38.7 Å². The summed E-state index contributed by atoms with van der Waals surface area (Å²) in [7, 11) is -3.56. The number of benzene rings is 2. The highest BCUT2D eigenvalue weighted by molar-refractivity contribution is 7.89. The smallest absolute Gasteiger partial charge is 0.250 e. The lowest BCUT2D eigenvalue weighted by Crippen LogP contribution is -2.52. The van der Waals surface area contributed by atoms with Gasteiger partial charge in [0.05, 0.1) is 10.6 Å². The molecule has 2 aromatic carbocycles. The second kappa shape index (κ2) is 10.9. The van der Waals surface area contributed by atoms with Crippen LogP contribution >= 0.6 is 0 Å². The van der Waals surface area contributed by atoms with Crippen LogP contribution in [0.25, 0.3) is 17.2 Å². The van der Waals surface area contributed by atoms with Crippen molar-refractivity contribution in [3.63, 3.8) is 0 Å². The molecule has 1 fully saturated rings. The van der Waals surface area contributed by atoms with E-state index < -0.39 is 10.0 Å². The number of aliphatic imine (C=N–C) groups is 1. The number of rotatable bonds is 9. The summed E-state index contributed by atoms with van der Waals surface area (Å²) < 4.78 is 27.5. The zero-order valence-electron chi connectivity index (χ0n) is 21.0. The molecular formula is C27H35N5O3S. The van der Waals surface area contributed by atoms with Crippen molar-refractivity contribution >= 4 is 33.5 Å². The molecule has 36 heavy (non-hydrogen) atoms. The SMILES string of the molecule is CCCN(CCC)C(=O)C1=Cc2ccc(-c3cccc(S(=O)(=O)N4CC(CN)C4)c3)cc2N=C(N)C1. The van der Waals surface area contributed by atoms with Crippen molar-refractivity contribution < 1.29 is 13.2 Å². The Balaban J connectivity index is 1.64. The quantitative estimate of drug-likeness (QED) is 0.537. The molecule has 2 aliphatic rings. The van der Waals surface area contributed by atoms with Crippen molar-refractivity contribution in [2.24, 2.45) is 22.4 Å². The minimum Gasteiger partial charge on any atom is -0.387 e. The van der Waals surface area contributed by atoms with E-state index in [2.05, 4.69) is 18.8 Å². The van der Waals surface area contributed by atoms with Gasteiger partial charge in [0.2, 0.25) is 15.9 Å². The maximum atomic E-state index is 13.2. The van der Waals surface area contributed by atoms with Crippen LogP contribution in [0.15, 0.2) is 57.9 Å². The summed E-state index contributed by atoms with van der Waals surface area (Å²) in [6.07, 6.45) is 3.95. The molecule has 0 saturated carbocycles. The van der Waals surface area contributed by atoms with Crippen molar-refractivity contribution in [1.29, 1.82) is 0 Å². The van der Waals surface area contributed by atoms with Crippen LogP contribution < -0.4 is 11.5 Å². The van der Waals surface area contributed by atoms with Crippen molar-refractivity contribution in [1.82, 2.24) is 9.21 Å². The Hall–Kier alpha value is -3.01.